The summed E-state index contributed by atoms with van der Waals surface area (Å²) in [5, 5.41) is 0. The maximum atomic E-state index is 11.2. The molecule has 0 spiro atoms. The number of hydrogen-bond acceptors (Lipinski definition) is 4. The molecule has 1 unspecified atom stereocenters. The van der Waals surface area contributed by atoms with Gasteiger partial charge in [0.05, 0.1) is 13.7 Å². The van der Waals surface area contributed by atoms with E-state index in [0.717, 1.165) is 11.3 Å². The lowest BCUT2D eigenvalue weighted by Gasteiger charge is -2.20. The highest BCUT2D eigenvalue weighted by molar-refractivity contribution is 5.75. The standard InChI is InChI=1S/C16H25NO3/c1-11-10-12(16(2,3)4)6-7-14(11)20-9-8-13(17)15(18)19-5/h6-7,10,13H,8-9,17H2,1-5H3. The second-order valence-corrected chi connectivity index (χ2v) is 6.00. The first-order valence-corrected chi connectivity index (χ1v) is 6.83. The Morgan fingerprint density at radius 2 is 2.00 bits per heavy atom. The van der Waals surface area contributed by atoms with Crippen LogP contribution in [-0.4, -0.2) is 25.7 Å². The van der Waals surface area contributed by atoms with E-state index in [-0.39, 0.29) is 5.41 Å². The van der Waals surface area contributed by atoms with E-state index in [2.05, 4.69) is 37.6 Å². The van der Waals surface area contributed by atoms with E-state index in [1.165, 1.54) is 12.7 Å². The van der Waals surface area contributed by atoms with Crippen molar-refractivity contribution >= 4 is 5.97 Å². The van der Waals surface area contributed by atoms with Gasteiger partial charge in [-0.1, -0.05) is 32.9 Å². The van der Waals surface area contributed by atoms with E-state index < -0.39 is 12.0 Å². The van der Waals surface area contributed by atoms with Crippen LogP contribution >= 0.6 is 0 Å². The van der Waals surface area contributed by atoms with Gasteiger partial charge in [0.1, 0.15) is 11.8 Å². The van der Waals surface area contributed by atoms with E-state index in [1.54, 1.807) is 0 Å². The van der Waals surface area contributed by atoms with Crippen LogP contribution in [-0.2, 0) is 14.9 Å². The lowest BCUT2D eigenvalue weighted by atomic mass is 9.86. The van der Waals surface area contributed by atoms with Gasteiger partial charge in [-0.25, -0.2) is 0 Å². The van der Waals surface area contributed by atoms with Gasteiger partial charge in [0.2, 0.25) is 0 Å². The largest absolute Gasteiger partial charge is 0.493 e. The number of benzene rings is 1. The van der Waals surface area contributed by atoms with Crippen molar-refractivity contribution in [3.8, 4) is 5.75 Å². The minimum absolute atomic E-state index is 0.122. The average Bonchev–Trinajstić information content (AvgIpc) is 2.38. The second-order valence-electron chi connectivity index (χ2n) is 6.00. The van der Waals surface area contributed by atoms with Crippen LogP contribution in [0.4, 0.5) is 0 Å². The topological polar surface area (TPSA) is 61.5 Å². The molecule has 0 fully saturated rings. The number of esters is 1. The second kappa shape index (κ2) is 6.75. The third-order valence-corrected chi connectivity index (χ3v) is 3.23. The van der Waals surface area contributed by atoms with E-state index in [9.17, 15) is 4.79 Å². The molecule has 0 saturated heterocycles. The summed E-state index contributed by atoms with van der Waals surface area (Å²) in [6.07, 6.45) is 0.438. The molecule has 20 heavy (non-hydrogen) atoms. The quantitative estimate of drug-likeness (QED) is 0.841. The number of carbonyl (C=O) groups excluding carboxylic acids is 1. The van der Waals surface area contributed by atoms with Gasteiger partial charge in [-0.3, -0.25) is 4.79 Å². The zero-order valence-corrected chi connectivity index (χ0v) is 13.0. The van der Waals surface area contributed by atoms with Crippen molar-refractivity contribution in [2.24, 2.45) is 5.73 Å². The average molecular weight is 279 g/mol. The van der Waals surface area contributed by atoms with Crippen LogP contribution in [0.3, 0.4) is 0 Å². The Morgan fingerprint density at radius 1 is 1.35 bits per heavy atom. The van der Waals surface area contributed by atoms with Gasteiger partial charge in [0.15, 0.2) is 0 Å². The normalized spacial score (nSPS) is 12.9. The lowest BCUT2D eigenvalue weighted by Crippen LogP contribution is -2.33. The first-order chi connectivity index (χ1) is 9.25. The van der Waals surface area contributed by atoms with Crippen LogP contribution in [0.5, 0.6) is 5.75 Å². The SMILES string of the molecule is COC(=O)C(N)CCOc1ccc(C(C)(C)C)cc1C. The Kier molecular flexibility index (Phi) is 5.57. The molecule has 4 heteroatoms. The monoisotopic (exact) mass is 279 g/mol. The highest BCUT2D eigenvalue weighted by Gasteiger charge is 2.16. The number of aryl methyl sites for hydroxylation is 1. The van der Waals surface area contributed by atoms with E-state index in [4.69, 9.17) is 10.5 Å². The van der Waals surface area contributed by atoms with Gasteiger partial charge in [-0.15, -0.1) is 0 Å². The molecule has 0 amide bonds. The van der Waals surface area contributed by atoms with Gasteiger partial charge in [0, 0.05) is 6.42 Å². The van der Waals surface area contributed by atoms with Crippen molar-refractivity contribution in [2.75, 3.05) is 13.7 Å². The Labute approximate surface area is 121 Å². The molecule has 1 atom stereocenters. The molecule has 1 rings (SSSR count). The van der Waals surface area contributed by atoms with Gasteiger partial charge >= 0.3 is 5.97 Å². The molecule has 0 radical (unpaired) electrons. The van der Waals surface area contributed by atoms with Gasteiger partial charge in [-0.2, -0.15) is 0 Å². The zero-order valence-electron chi connectivity index (χ0n) is 13.0. The number of ether oxygens (including phenoxy) is 2. The summed E-state index contributed by atoms with van der Waals surface area (Å²) in [5.74, 6) is 0.420. The lowest BCUT2D eigenvalue weighted by molar-refractivity contribution is -0.142. The molecule has 2 N–H and O–H groups in total. The Hall–Kier alpha value is -1.55. The third kappa shape index (κ3) is 4.53. The molecule has 112 valence electrons. The number of carbonyl (C=O) groups is 1. The molecule has 0 aromatic heterocycles. The number of rotatable bonds is 5. The Morgan fingerprint density at radius 3 is 2.50 bits per heavy atom. The van der Waals surface area contributed by atoms with Gasteiger partial charge in [0.25, 0.3) is 0 Å². The van der Waals surface area contributed by atoms with E-state index >= 15 is 0 Å². The summed E-state index contributed by atoms with van der Waals surface area (Å²) in [5.41, 5.74) is 8.14. The maximum absolute atomic E-state index is 11.2. The fourth-order valence-corrected chi connectivity index (χ4v) is 1.84. The van der Waals surface area contributed by atoms with Crippen molar-refractivity contribution in [1.29, 1.82) is 0 Å². The predicted molar refractivity (Wildman–Crippen MR) is 80.0 cm³/mol. The van der Waals surface area contributed by atoms with Crippen molar-refractivity contribution in [3.05, 3.63) is 29.3 Å². The maximum Gasteiger partial charge on any atom is 0.322 e. The zero-order chi connectivity index (χ0) is 15.3. The van der Waals surface area contributed by atoms with Crippen LogP contribution in [0, 0.1) is 6.92 Å². The van der Waals surface area contributed by atoms with Crippen molar-refractivity contribution < 1.29 is 14.3 Å². The molecule has 0 aliphatic heterocycles. The summed E-state index contributed by atoms with van der Waals surface area (Å²) in [4.78, 5) is 11.2. The van der Waals surface area contributed by atoms with E-state index in [1.807, 2.05) is 13.0 Å². The van der Waals surface area contributed by atoms with Crippen molar-refractivity contribution in [3.63, 3.8) is 0 Å². The molecule has 0 heterocycles. The molecular weight excluding hydrogens is 254 g/mol. The third-order valence-electron chi connectivity index (χ3n) is 3.23. The summed E-state index contributed by atoms with van der Waals surface area (Å²) >= 11 is 0. The molecule has 0 aliphatic carbocycles. The summed E-state index contributed by atoms with van der Waals surface area (Å²) in [6.45, 7) is 8.95. The van der Waals surface area contributed by atoms with Gasteiger partial charge < -0.3 is 15.2 Å². The van der Waals surface area contributed by atoms with Crippen LogP contribution in [0.15, 0.2) is 18.2 Å². The van der Waals surface area contributed by atoms with Crippen LogP contribution in [0.2, 0.25) is 0 Å². The first kappa shape index (κ1) is 16.5. The molecular formula is C16H25NO3. The van der Waals surface area contributed by atoms with Crippen molar-refractivity contribution in [2.45, 2.75) is 45.6 Å². The first-order valence-electron chi connectivity index (χ1n) is 6.83. The number of nitrogens with two attached hydrogens (primary N) is 1. The molecule has 1 aromatic carbocycles. The highest BCUT2D eigenvalue weighted by atomic mass is 16.5. The van der Waals surface area contributed by atoms with Crippen LogP contribution in [0.1, 0.15) is 38.3 Å². The molecule has 4 nitrogen and oxygen atoms in total. The molecule has 0 bridgehead atoms. The minimum Gasteiger partial charge on any atom is -0.493 e. The molecule has 0 saturated carbocycles. The number of methoxy groups -OCH3 is 1. The van der Waals surface area contributed by atoms with E-state index in [0.29, 0.717) is 13.0 Å². The van der Waals surface area contributed by atoms with Gasteiger partial charge in [-0.05, 0) is 29.5 Å². The number of hydrogen-bond donors (Lipinski definition) is 1. The Bertz CT molecular complexity index is 463. The van der Waals surface area contributed by atoms with Crippen molar-refractivity contribution in [1.82, 2.24) is 0 Å². The summed E-state index contributed by atoms with van der Waals surface area (Å²) in [6, 6.07) is 5.55. The highest BCUT2D eigenvalue weighted by Crippen LogP contribution is 2.27. The smallest absolute Gasteiger partial charge is 0.322 e. The van der Waals surface area contributed by atoms with Crippen LogP contribution < -0.4 is 10.5 Å². The molecule has 1 aromatic rings. The fourth-order valence-electron chi connectivity index (χ4n) is 1.84. The molecule has 0 aliphatic rings. The van der Waals surface area contributed by atoms with Crippen LogP contribution in [0.25, 0.3) is 0 Å². The Balaban J connectivity index is 2.60. The predicted octanol–water partition coefficient (Wildman–Crippen LogP) is 2.56. The summed E-state index contributed by atoms with van der Waals surface area (Å²) in [7, 11) is 1.33. The fraction of sp³-hybridized carbons (Fsp3) is 0.562. The minimum atomic E-state index is -0.630. The summed E-state index contributed by atoms with van der Waals surface area (Å²) < 4.78 is 10.3.